The van der Waals surface area contributed by atoms with E-state index in [1.807, 2.05) is 35.4 Å². The van der Waals surface area contributed by atoms with Gasteiger partial charge in [-0.25, -0.2) is 4.98 Å². The molecule has 3 rings (SSSR count). The second-order valence-corrected chi connectivity index (χ2v) is 12.0. The van der Waals surface area contributed by atoms with E-state index in [2.05, 4.69) is 43.1 Å². The van der Waals surface area contributed by atoms with Crippen LogP contribution >= 0.6 is 11.3 Å². The number of ether oxygens (including phenoxy) is 1. The minimum Gasteiger partial charge on any atom is -0.494 e. The maximum atomic E-state index is 12.5. The number of benzene rings is 2. The van der Waals surface area contributed by atoms with E-state index in [4.69, 9.17) is 4.74 Å². The van der Waals surface area contributed by atoms with Crippen molar-refractivity contribution in [1.29, 1.82) is 0 Å². The summed E-state index contributed by atoms with van der Waals surface area (Å²) < 4.78 is 5.98. The molecule has 0 aliphatic heterocycles. The van der Waals surface area contributed by atoms with E-state index in [0.29, 0.717) is 6.54 Å². The third-order valence-corrected chi connectivity index (χ3v) is 8.07. The summed E-state index contributed by atoms with van der Waals surface area (Å²) in [5, 5.41) is 1.10. The first-order chi connectivity index (χ1) is 19.0. The first-order valence-corrected chi connectivity index (χ1v) is 15.9. The lowest BCUT2D eigenvalue weighted by Crippen LogP contribution is -2.27. The van der Waals surface area contributed by atoms with Gasteiger partial charge in [0.25, 0.3) is 0 Å². The lowest BCUT2D eigenvalue weighted by atomic mass is 10.1. The Labute approximate surface area is 240 Å². The summed E-state index contributed by atoms with van der Waals surface area (Å²) in [5.74, 6) is 0.932. The summed E-state index contributed by atoms with van der Waals surface area (Å²) in [5.41, 5.74) is 3.17. The van der Waals surface area contributed by atoms with Crippen molar-refractivity contribution in [1.82, 2.24) is 4.98 Å². The summed E-state index contributed by atoms with van der Waals surface area (Å²) in [6.07, 6.45) is 18.9. The summed E-state index contributed by atoms with van der Waals surface area (Å²) in [4.78, 5) is 20.1. The molecule has 0 spiro atoms. The molecule has 39 heavy (non-hydrogen) atoms. The molecule has 0 saturated heterocycles. The third-order valence-electron chi connectivity index (χ3n) is 7.16. The van der Waals surface area contributed by atoms with Crippen molar-refractivity contribution >= 4 is 22.9 Å². The highest BCUT2D eigenvalue weighted by Crippen LogP contribution is 2.23. The highest BCUT2D eigenvalue weighted by molar-refractivity contribution is 7.11. The van der Waals surface area contributed by atoms with Gasteiger partial charge in [0, 0.05) is 30.1 Å². The maximum Gasteiger partial charge on any atom is 0.224 e. The summed E-state index contributed by atoms with van der Waals surface area (Å²) >= 11 is 1.72. The average Bonchev–Trinajstić information content (AvgIpc) is 3.34. The third kappa shape index (κ3) is 11.9. The molecule has 0 saturated carbocycles. The van der Waals surface area contributed by atoms with Crippen molar-refractivity contribution in [2.24, 2.45) is 0 Å². The van der Waals surface area contributed by atoms with Crippen molar-refractivity contribution < 1.29 is 9.53 Å². The van der Waals surface area contributed by atoms with E-state index < -0.39 is 0 Å². The van der Waals surface area contributed by atoms with Gasteiger partial charge in [-0.2, -0.15) is 0 Å². The fourth-order valence-corrected chi connectivity index (χ4v) is 5.70. The number of carbonyl (C=O) groups is 1. The highest BCUT2D eigenvalue weighted by Gasteiger charge is 2.13. The number of aryl methyl sites for hydroxylation is 1. The molecule has 0 fully saturated rings. The number of hydrogen-bond donors (Lipinski definition) is 0. The first kappa shape index (κ1) is 30.9. The molecule has 0 N–H and O–H groups in total. The second kappa shape index (κ2) is 17.8. The SMILES string of the molecule is CCCCCCCCCCCCCCOc1ccc(CN(C(C)=O)c2cccc(Cc3ncc(C)s3)c2)cc1. The van der Waals surface area contributed by atoms with Crippen molar-refractivity contribution in [3.05, 3.63) is 75.7 Å². The number of amides is 1. The Morgan fingerprint density at radius 2 is 1.49 bits per heavy atom. The van der Waals surface area contributed by atoms with Gasteiger partial charge in [0.2, 0.25) is 5.91 Å². The second-order valence-electron chi connectivity index (χ2n) is 10.7. The first-order valence-electron chi connectivity index (χ1n) is 15.0. The molecular weight excluding hydrogens is 500 g/mol. The van der Waals surface area contributed by atoms with Crippen LogP contribution in [0.2, 0.25) is 0 Å². The lowest BCUT2D eigenvalue weighted by Gasteiger charge is -2.22. The van der Waals surface area contributed by atoms with Gasteiger partial charge in [0.05, 0.1) is 18.2 Å². The summed E-state index contributed by atoms with van der Waals surface area (Å²) in [6, 6.07) is 16.4. The molecule has 212 valence electrons. The molecule has 1 amide bonds. The number of aromatic nitrogens is 1. The van der Waals surface area contributed by atoms with Gasteiger partial charge in [0.15, 0.2) is 0 Å². The van der Waals surface area contributed by atoms with Crippen LogP contribution in [0.15, 0.2) is 54.7 Å². The molecule has 0 unspecified atom stereocenters. The quantitative estimate of drug-likeness (QED) is 0.140. The van der Waals surface area contributed by atoms with E-state index in [9.17, 15) is 4.79 Å². The monoisotopic (exact) mass is 548 g/mol. The molecule has 0 atom stereocenters. The average molecular weight is 549 g/mol. The van der Waals surface area contributed by atoms with Crippen LogP contribution in [-0.2, 0) is 17.8 Å². The number of nitrogens with zero attached hydrogens (tertiary/aromatic N) is 2. The summed E-state index contributed by atoms with van der Waals surface area (Å²) in [7, 11) is 0. The molecule has 0 aliphatic carbocycles. The van der Waals surface area contributed by atoms with E-state index in [0.717, 1.165) is 47.0 Å². The van der Waals surface area contributed by atoms with Gasteiger partial charge in [-0.15, -0.1) is 11.3 Å². The topological polar surface area (TPSA) is 42.4 Å². The van der Waals surface area contributed by atoms with Gasteiger partial charge in [-0.1, -0.05) is 102 Å². The Kier molecular flexibility index (Phi) is 14.1. The zero-order valence-corrected chi connectivity index (χ0v) is 25.2. The van der Waals surface area contributed by atoms with Crippen LogP contribution in [0, 0.1) is 6.92 Å². The Bertz CT molecular complexity index is 1090. The standard InChI is InChI=1S/C34H48N2O2S/c1-4-5-6-7-8-9-10-11-12-13-14-15-23-38-33-21-19-30(20-22-33)27-36(29(3)37)32-18-16-17-31(24-32)25-34-35-26-28(2)39-34/h16-22,24,26H,4-15,23,25,27H2,1-3H3. The molecule has 1 heterocycles. The predicted molar refractivity (Wildman–Crippen MR) is 166 cm³/mol. The van der Waals surface area contributed by atoms with Crippen molar-refractivity contribution in [2.45, 2.75) is 111 Å². The van der Waals surface area contributed by atoms with Gasteiger partial charge in [-0.05, 0) is 48.7 Å². The number of carbonyl (C=O) groups excluding carboxylic acids is 1. The molecule has 0 bridgehead atoms. The maximum absolute atomic E-state index is 12.5. The fraction of sp³-hybridized carbons (Fsp3) is 0.529. The van der Waals surface area contributed by atoms with Crippen LogP contribution in [0.1, 0.15) is 112 Å². The van der Waals surface area contributed by atoms with Crippen LogP contribution in [-0.4, -0.2) is 17.5 Å². The molecular formula is C34H48N2O2S. The zero-order chi connectivity index (χ0) is 27.7. The van der Waals surface area contributed by atoms with Gasteiger partial charge in [0.1, 0.15) is 5.75 Å². The molecule has 0 radical (unpaired) electrons. The molecule has 3 aromatic rings. The van der Waals surface area contributed by atoms with Gasteiger partial charge in [-0.3, -0.25) is 4.79 Å². The van der Waals surface area contributed by atoms with Crippen molar-refractivity contribution in [2.75, 3.05) is 11.5 Å². The molecule has 2 aromatic carbocycles. The predicted octanol–water partition coefficient (Wildman–Crippen LogP) is 9.68. The van der Waals surface area contributed by atoms with Crippen LogP contribution in [0.5, 0.6) is 5.75 Å². The number of thiazole rings is 1. The van der Waals surface area contributed by atoms with Crippen LogP contribution < -0.4 is 9.64 Å². The van der Waals surface area contributed by atoms with E-state index in [-0.39, 0.29) is 5.91 Å². The molecule has 1 aromatic heterocycles. The smallest absolute Gasteiger partial charge is 0.224 e. The van der Waals surface area contributed by atoms with Crippen molar-refractivity contribution in [3.63, 3.8) is 0 Å². The van der Waals surface area contributed by atoms with Crippen LogP contribution in [0.4, 0.5) is 5.69 Å². The number of rotatable bonds is 19. The van der Waals surface area contributed by atoms with E-state index >= 15 is 0 Å². The minimum absolute atomic E-state index is 0.0320. The fourth-order valence-electron chi connectivity index (χ4n) is 4.88. The number of hydrogen-bond acceptors (Lipinski definition) is 4. The Hall–Kier alpha value is -2.66. The Balaban J connectivity index is 1.35. The Morgan fingerprint density at radius 1 is 0.846 bits per heavy atom. The number of unbranched alkanes of at least 4 members (excludes halogenated alkanes) is 11. The van der Waals surface area contributed by atoms with Crippen molar-refractivity contribution in [3.8, 4) is 5.75 Å². The molecule has 0 aliphatic rings. The highest BCUT2D eigenvalue weighted by atomic mass is 32.1. The normalized spacial score (nSPS) is 11.1. The van der Waals surface area contributed by atoms with Gasteiger partial charge >= 0.3 is 0 Å². The Morgan fingerprint density at radius 3 is 2.08 bits per heavy atom. The summed E-state index contributed by atoms with van der Waals surface area (Å²) in [6.45, 7) is 7.28. The largest absolute Gasteiger partial charge is 0.494 e. The number of anilines is 1. The lowest BCUT2D eigenvalue weighted by molar-refractivity contribution is -0.116. The van der Waals surface area contributed by atoms with E-state index in [1.54, 1.807) is 18.3 Å². The van der Waals surface area contributed by atoms with E-state index in [1.165, 1.54) is 75.5 Å². The minimum atomic E-state index is 0.0320. The van der Waals surface area contributed by atoms with Gasteiger partial charge < -0.3 is 9.64 Å². The van der Waals surface area contributed by atoms with Crippen LogP contribution in [0.25, 0.3) is 0 Å². The zero-order valence-electron chi connectivity index (χ0n) is 24.4. The van der Waals surface area contributed by atoms with Crippen LogP contribution in [0.3, 0.4) is 0 Å². The molecule has 4 nitrogen and oxygen atoms in total. The molecule has 5 heteroatoms.